The number of rotatable bonds is 8. The molecule has 0 aliphatic heterocycles. The number of hydrogen-bond acceptors (Lipinski definition) is 3. The van der Waals surface area contributed by atoms with Gasteiger partial charge in [-0.3, -0.25) is 10.6 Å². The second-order valence-corrected chi connectivity index (χ2v) is 4.46. The molecule has 19 heavy (non-hydrogen) atoms. The second kappa shape index (κ2) is 8.65. The lowest BCUT2D eigenvalue weighted by Gasteiger charge is -2.24. The lowest BCUT2D eigenvalue weighted by atomic mass is 10.1. The highest BCUT2D eigenvalue weighted by atomic mass is 15.2. The predicted molar refractivity (Wildman–Crippen MR) is 77.3 cm³/mol. The summed E-state index contributed by atoms with van der Waals surface area (Å²) in [5.74, 6) is 0. The normalized spacial score (nSPS) is 13.8. The van der Waals surface area contributed by atoms with Crippen LogP contribution in [0.4, 0.5) is 0 Å². The first-order valence-corrected chi connectivity index (χ1v) is 6.81. The van der Waals surface area contributed by atoms with E-state index in [1.807, 2.05) is 31.3 Å². The molecule has 0 aromatic heterocycles. The molecular formula is C15H23N4. The predicted octanol–water partition coefficient (Wildman–Crippen LogP) is 1.94. The van der Waals surface area contributed by atoms with Gasteiger partial charge in [-0.05, 0) is 24.5 Å². The monoisotopic (exact) mass is 259 g/mol. The van der Waals surface area contributed by atoms with Crippen molar-refractivity contribution in [1.29, 1.82) is 5.26 Å². The summed E-state index contributed by atoms with van der Waals surface area (Å²) >= 11 is 0. The van der Waals surface area contributed by atoms with Crippen LogP contribution >= 0.6 is 0 Å². The van der Waals surface area contributed by atoms with Crippen LogP contribution in [0.25, 0.3) is 0 Å². The van der Waals surface area contributed by atoms with Gasteiger partial charge in [-0.1, -0.05) is 32.0 Å². The van der Waals surface area contributed by atoms with Gasteiger partial charge in [-0.15, -0.1) is 0 Å². The summed E-state index contributed by atoms with van der Waals surface area (Å²) in [7, 11) is 1.83. The Morgan fingerprint density at radius 2 is 2.00 bits per heavy atom. The van der Waals surface area contributed by atoms with E-state index in [0.29, 0.717) is 6.54 Å². The van der Waals surface area contributed by atoms with Crippen molar-refractivity contribution in [1.82, 2.24) is 16.0 Å². The fraction of sp³-hybridized carbons (Fsp3) is 0.533. The molecule has 0 bridgehead atoms. The Morgan fingerprint density at radius 1 is 1.26 bits per heavy atom. The van der Waals surface area contributed by atoms with E-state index in [2.05, 4.69) is 35.9 Å². The lowest BCUT2D eigenvalue weighted by molar-refractivity contribution is 0.325. The molecular weight excluding hydrogens is 236 g/mol. The van der Waals surface area contributed by atoms with E-state index in [9.17, 15) is 0 Å². The highest BCUT2D eigenvalue weighted by Crippen LogP contribution is 2.07. The van der Waals surface area contributed by atoms with E-state index >= 15 is 0 Å². The standard InChI is InChI=1S/C15H23N4/c1-4-14(17-3)19-15(5-2)18-11-13-9-7-6-8-12(13)10-16/h6-9,14-15,18-19H,4-5,11H2,1-3H3. The minimum atomic E-state index is 0.184. The van der Waals surface area contributed by atoms with Gasteiger partial charge in [0.2, 0.25) is 0 Å². The summed E-state index contributed by atoms with van der Waals surface area (Å²) in [5, 5.41) is 20.2. The molecule has 0 saturated heterocycles. The van der Waals surface area contributed by atoms with Gasteiger partial charge in [-0.2, -0.15) is 5.26 Å². The highest BCUT2D eigenvalue weighted by Gasteiger charge is 2.11. The van der Waals surface area contributed by atoms with Crippen molar-refractivity contribution in [2.75, 3.05) is 7.05 Å². The van der Waals surface area contributed by atoms with Crippen LogP contribution in [0.2, 0.25) is 0 Å². The van der Waals surface area contributed by atoms with Crippen molar-refractivity contribution in [3.8, 4) is 6.07 Å². The van der Waals surface area contributed by atoms with Crippen LogP contribution in [-0.2, 0) is 6.54 Å². The Balaban J connectivity index is 2.56. The van der Waals surface area contributed by atoms with Crippen LogP contribution in [0, 0.1) is 11.3 Å². The molecule has 1 aromatic rings. The molecule has 2 atom stereocenters. The average molecular weight is 259 g/mol. The Labute approximate surface area is 116 Å². The van der Waals surface area contributed by atoms with Crippen molar-refractivity contribution < 1.29 is 0 Å². The Bertz CT molecular complexity index is 407. The average Bonchev–Trinajstić information content (AvgIpc) is 2.48. The second-order valence-electron chi connectivity index (χ2n) is 4.46. The minimum Gasteiger partial charge on any atom is -0.298 e. The topological polar surface area (TPSA) is 62.0 Å². The van der Waals surface area contributed by atoms with Crippen LogP contribution in [0.15, 0.2) is 24.3 Å². The Hall–Kier alpha value is -1.41. The molecule has 4 heteroatoms. The van der Waals surface area contributed by atoms with Gasteiger partial charge in [0.1, 0.15) is 0 Å². The zero-order valence-electron chi connectivity index (χ0n) is 12.0. The maximum Gasteiger partial charge on any atom is 0.0995 e. The fourth-order valence-electron chi connectivity index (χ4n) is 1.94. The summed E-state index contributed by atoms with van der Waals surface area (Å²) in [6.45, 7) is 4.93. The zero-order valence-corrected chi connectivity index (χ0v) is 12.0. The molecule has 0 amide bonds. The van der Waals surface area contributed by atoms with E-state index in [1.54, 1.807) is 0 Å². The van der Waals surface area contributed by atoms with Gasteiger partial charge in [0.05, 0.1) is 24.0 Å². The van der Waals surface area contributed by atoms with Crippen molar-refractivity contribution in [3.63, 3.8) is 0 Å². The molecule has 0 spiro atoms. The third-order valence-electron chi connectivity index (χ3n) is 3.18. The molecule has 0 heterocycles. The first-order valence-electron chi connectivity index (χ1n) is 6.81. The van der Waals surface area contributed by atoms with E-state index in [1.165, 1.54) is 0 Å². The Kier molecular flexibility index (Phi) is 7.12. The summed E-state index contributed by atoms with van der Waals surface area (Å²) in [4.78, 5) is 0. The largest absolute Gasteiger partial charge is 0.298 e. The molecule has 1 aromatic carbocycles. The van der Waals surface area contributed by atoms with Gasteiger partial charge in [0.25, 0.3) is 0 Å². The van der Waals surface area contributed by atoms with E-state index < -0.39 is 0 Å². The number of hydrogen-bond donors (Lipinski definition) is 2. The SMILES string of the molecule is CCC([N]C)NC(CC)NCc1ccccc1C#N. The Morgan fingerprint density at radius 3 is 2.58 bits per heavy atom. The van der Waals surface area contributed by atoms with Crippen molar-refractivity contribution in [2.45, 2.75) is 45.6 Å². The molecule has 4 nitrogen and oxygen atoms in total. The van der Waals surface area contributed by atoms with Gasteiger partial charge in [-0.25, -0.2) is 5.32 Å². The maximum atomic E-state index is 9.05. The number of nitriles is 1. The van der Waals surface area contributed by atoms with E-state index in [4.69, 9.17) is 5.26 Å². The summed E-state index contributed by atoms with van der Waals surface area (Å²) < 4.78 is 0. The number of nitrogens with one attached hydrogen (secondary N) is 2. The van der Waals surface area contributed by atoms with Crippen LogP contribution in [0.1, 0.15) is 37.8 Å². The zero-order chi connectivity index (χ0) is 14.1. The van der Waals surface area contributed by atoms with Gasteiger partial charge in [0, 0.05) is 13.6 Å². The van der Waals surface area contributed by atoms with E-state index in [0.717, 1.165) is 24.0 Å². The molecule has 2 N–H and O–H groups in total. The van der Waals surface area contributed by atoms with Crippen LogP contribution in [0.5, 0.6) is 0 Å². The van der Waals surface area contributed by atoms with Crippen molar-refractivity contribution in [2.24, 2.45) is 0 Å². The molecule has 0 saturated carbocycles. The highest BCUT2D eigenvalue weighted by molar-refractivity contribution is 5.37. The smallest absolute Gasteiger partial charge is 0.0995 e. The third-order valence-corrected chi connectivity index (χ3v) is 3.18. The molecule has 2 unspecified atom stereocenters. The third kappa shape index (κ3) is 4.99. The van der Waals surface area contributed by atoms with Crippen molar-refractivity contribution >= 4 is 0 Å². The van der Waals surface area contributed by atoms with Crippen LogP contribution < -0.4 is 16.0 Å². The molecule has 0 fully saturated rings. The quantitative estimate of drug-likeness (QED) is 0.701. The van der Waals surface area contributed by atoms with Crippen LogP contribution in [-0.4, -0.2) is 19.4 Å². The number of nitrogens with zero attached hydrogens (tertiary/aromatic N) is 2. The van der Waals surface area contributed by atoms with Gasteiger partial charge in [0.15, 0.2) is 0 Å². The number of benzene rings is 1. The minimum absolute atomic E-state index is 0.184. The summed E-state index contributed by atoms with van der Waals surface area (Å²) in [6, 6.07) is 9.91. The van der Waals surface area contributed by atoms with Crippen LogP contribution in [0.3, 0.4) is 0 Å². The maximum absolute atomic E-state index is 9.05. The lowest BCUT2D eigenvalue weighted by Crippen LogP contribution is -2.49. The molecule has 0 aliphatic carbocycles. The molecule has 103 valence electrons. The molecule has 1 radical (unpaired) electrons. The molecule has 0 aliphatic rings. The molecule has 1 rings (SSSR count). The fourth-order valence-corrected chi connectivity index (χ4v) is 1.94. The first kappa shape index (κ1) is 15.6. The van der Waals surface area contributed by atoms with Gasteiger partial charge >= 0.3 is 0 Å². The van der Waals surface area contributed by atoms with Crippen molar-refractivity contribution in [3.05, 3.63) is 35.4 Å². The summed E-state index contributed by atoms with van der Waals surface area (Å²) in [5.41, 5.74) is 1.77. The first-order chi connectivity index (χ1) is 9.24. The van der Waals surface area contributed by atoms with Gasteiger partial charge < -0.3 is 0 Å². The van der Waals surface area contributed by atoms with E-state index in [-0.39, 0.29) is 12.3 Å². The summed E-state index contributed by atoms with van der Waals surface area (Å²) in [6.07, 6.45) is 2.34.